The molecule has 0 N–H and O–H groups in total. The summed E-state index contributed by atoms with van der Waals surface area (Å²) in [5, 5.41) is 0. The first kappa shape index (κ1) is 39.4. The Morgan fingerprint density at radius 1 is 0.275 bits per heavy atom. The van der Waals surface area contributed by atoms with Crippen molar-refractivity contribution in [2.45, 2.75) is 177 Å². The van der Waals surface area contributed by atoms with E-state index >= 15 is 0 Å². The molecule has 0 aromatic heterocycles. The maximum atomic E-state index is 3.04. The van der Waals surface area contributed by atoms with Crippen molar-refractivity contribution in [2.75, 3.05) is 0 Å². The first-order valence-electron chi connectivity index (χ1n) is 21.9. The van der Waals surface area contributed by atoms with Crippen molar-refractivity contribution in [3.63, 3.8) is 0 Å². The fourth-order valence-electron chi connectivity index (χ4n) is 10.1. The summed E-state index contributed by atoms with van der Waals surface area (Å²) in [4.78, 5) is 0. The Balaban J connectivity index is 1.42. The van der Waals surface area contributed by atoms with Crippen molar-refractivity contribution in [3.8, 4) is 0 Å². The number of allylic oxidation sites excluding steroid dienone is 12. The van der Waals surface area contributed by atoms with E-state index in [1.165, 1.54) is 154 Å². The molecule has 7 rings (SSSR count). The van der Waals surface area contributed by atoms with Crippen molar-refractivity contribution in [2.24, 2.45) is 0 Å². The van der Waals surface area contributed by atoms with Crippen LogP contribution in [0.25, 0.3) is 0 Å². The van der Waals surface area contributed by atoms with Crippen molar-refractivity contribution >= 4 is 71.2 Å². The molecule has 1 aromatic rings. The molecular weight excluding hydrogens is 942 g/mol. The van der Waals surface area contributed by atoms with Gasteiger partial charge in [-0.2, -0.15) is 0 Å². The van der Waals surface area contributed by atoms with Crippen molar-refractivity contribution in [3.05, 3.63) is 91.1 Å². The minimum atomic E-state index is -1.98. The van der Waals surface area contributed by atoms with Gasteiger partial charge in [0.25, 0.3) is 0 Å². The van der Waals surface area contributed by atoms with Crippen LogP contribution in [0.4, 0.5) is 0 Å². The molecule has 6 aliphatic carbocycles. The molecule has 0 nitrogen and oxygen atoms in total. The van der Waals surface area contributed by atoms with Crippen LogP contribution in [0.3, 0.4) is 0 Å². The third-order valence-corrected chi connectivity index (χ3v) is 39.7. The third-order valence-electron chi connectivity index (χ3n) is 12.8. The zero-order valence-corrected chi connectivity index (χ0v) is 39.6. The molecule has 0 saturated carbocycles. The Kier molecular flexibility index (Phi) is 16.5. The van der Waals surface area contributed by atoms with Gasteiger partial charge in [0.2, 0.25) is 0 Å². The molecule has 0 saturated heterocycles. The molecule has 6 unspecified atom stereocenters. The van der Waals surface area contributed by atoms with Gasteiger partial charge in [-0.3, -0.25) is 0 Å². The molecule has 6 atom stereocenters. The second-order valence-corrected chi connectivity index (χ2v) is 39.4. The van der Waals surface area contributed by atoms with E-state index in [1.807, 2.05) is 10.5 Å². The van der Waals surface area contributed by atoms with Gasteiger partial charge >= 0.3 is 340 Å². The van der Waals surface area contributed by atoms with Crippen LogP contribution >= 0.6 is 0 Å². The Hall–Kier alpha value is 0.115. The summed E-state index contributed by atoms with van der Waals surface area (Å²) in [6.45, 7) is 0. The second kappa shape index (κ2) is 21.4. The van der Waals surface area contributed by atoms with E-state index < -0.39 is 60.6 Å². The predicted molar refractivity (Wildman–Crippen MR) is 231 cm³/mol. The molecule has 1 aromatic carbocycles. The first-order valence-corrected chi connectivity index (χ1v) is 34.5. The minimum absolute atomic E-state index is 0.869. The van der Waals surface area contributed by atoms with Gasteiger partial charge in [0, 0.05) is 0 Å². The average molecular weight is 1010 g/mol. The Labute approximate surface area is 336 Å². The summed E-state index contributed by atoms with van der Waals surface area (Å²) in [5.74, 6) is 0. The second-order valence-electron chi connectivity index (χ2n) is 16.6. The summed E-state index contributed by atoms with van der Waals surface area (Å²) in [6, 6.07) is 9.11. The number of hydrogen-bond acceptors (Lipinski definition) is 0. The molecule has 0 radical (unpaired) electrons. The molecular formula is C48H69Sb3. The molecule has 0 spiro atoms. The number of benzene rings is 1. The summed E-state index contributed by atoms with van der Waals surface area (Å²) < 4.78 is 11.2. The number of hydrogen-bond donors (Lipinski definition) is 0. The first-order chi connectivity index (χ1) is 25.3. The van der Waals surface area contributed by atoms with Gasteiger partial charge in [0.15, 0.2) is 0 Å². The summed E-state index contributed by atoms with van der Waals surface area (Å²) in [5.41, 5.74) is 0. The van der Waals surface area contributed by atoms with Gasteiger partial charge in [-0.25, -0.2) is 0 Å². The Morgan fingerprint density at radius 2 is 0.471 bits per heavy atom. The van der Waals surface area contributed by atoms with E-state index in [2.05, 4.69) is 91.1 Å². The Morgan fingerprint density at radius 3 is 0.667 bits per heavy atom. The molecule has 0 bridgehead atoms. The monoisotopic (exact) mass is 1010 g/mol. The zero-order valence-electron chi connectivity index (χ0n) is 31.9. The van der Waals surface area contributed by atoms with E-state index in [0.29, 0.717) is 0 Å². The van der Waals surface area contributed by atoms with Crippen molar-refractivity contribution < 1.29 is 0 Å². The summed E-state index contributed by atoms with van der Waals surface area (Å²) in [7, 11) is 0. The standard InChI is InChI=1S/6C7H11.C6H3.3Sb/c6*1-2-4-6-7-5-3-1;1-2-4-6-5-3-1;;;/h6*1-3H,4-7H2;1,4-5H;;;. The zero-order chi connectivity index (χ0) is 34.5. The summed E-state index contributed by atoms with van der Waals surface area (Å²) >= 11 is -5.93. The SMILES string of the molecule is C1=C[CH]([Sb]([c]2c[c]([Sb]([CH]3C=CCCCC3)[CH]3C=CCCCC3)c[c]([Sb]([CH]3C=CCCCC3)[CH]3C=CCCCC3)c2)[CH]2C=CCCCC2)CCCC1. The average Bonchev–Trinajstić information content (AvgIpc) is 3.86. The van der Waals surface area contributed by atoms with Crippen LogP contribution in [0.5, 0.6) is 0 Å². The molecule has 51 heavy (non-hydrogen) atoms. The van der Waals surface area contributed by atoms with Crippen LogP contribution in [0, 0.1) is 0 Å². The quantitative estimate of drug-likeness (QED) is 0.171. The van der Waals surface area contributed by atoms with E-state index in [-0.39, 0.29) is 0 Å². The van der Waals surface area contributed by atoms with Crippen molar-refractivity contribution in [1.82, 2.24) is 0 Å². The van der Waals surface area contributed by atoms with Crippen molar-refractivity contribution in [1.29, 1.82) is 0 Å². The third kappa shape index (κ3) is 11.1. The normalized spacial score (nSPS) is 30.9. The van der Waals surface area contributed by atoms with Gasteiger partial charge < -0.3 is 0 Å². The van der Waals surface area contributed by atoms with Crippen LogP contribution < -0.4 is 10.5 Å². The van der Waals surface area contributed by atoms with E-state index in [4.69, 9.17) is 0 Å². The van der Waals surface area contributed by atoms with Gasteiger partial charge in [0.1, 0.15) is 0 Å². The van der Waals surface area contributed by atoms with Gasteiger partial charge in [-0.15, -0.1) is 0 Å². The predicted octanol–water partition coefficient (Wildman–Crippen LogP) is 12.8. The van der Waals surface area contributed by atoms with Gasteiger partial charge in [0.05, 0.1) is 0 Å². The summed E-state index contributed by atoms with van der Waals surface area (Å²) in [6.07, 6.45) is 66.5. The van der Waals surface area contributed by atoms with Gasteiger partial charge in [-0.1, -0.05) is 0 Å². The molecule has 0 amide bonds. The van der Waals surface area contributed by atoms with Crippen LogP contribution in [-0.4, -0.2) is 60.6 Å². The molecule has 0 aliphatic heterocycles. The molecule has 276 valence electrons. The van der Waals surface area contributed by atoms with E-state index in [0.717, 1.165) is 23.2 Å². The molecule has 6 aliphatic rings. The van der Waals surface area contributed by atoms with E-state index in [9.17, 15) is 0 Å². The fraction of sp³-hybridized carbons (Fsp3) is 0.625. The molecule has 3 heteroatoms. The van der Waals surface area contributed by atoms with Crippen LogP contribution in [0.1, 0.15) is 154 Å². The number of rotatable bonds is 9. The van der Waals surface area contributed by atoms with Gasteiger partial charge in [-0.05, 0) is 0 Å². The maximum absolute atomic E-state index is 3.04. The fourth-order valence-corrected chi connectivity index (χ4v) is 41.7. The van der Waals surface area contributed by atoms with Crippen LogP contribution in [0.15, 0.2) is 91.1 Å². The van der Waals surface area contributed by atoms with Crippen LogP contribution in [0.2, 0.25) is 23.2 Å². The molecule has 0 heterocycles. The topological polar surface area (TPSA) is 0 Å². The van der Waals surface area contributed by atoms with E-state index in [1.54, 1.807) is 0 Å². The molecule has 0 fully saturated rings. The Bertz CT molecular complexity index is 1140. The van der Waals surface area contributed by atoms with Crippen LogP contribution in [-0.2, 0) is 0 Å².